The predicted molar refractivity (Wildman–Crippen MR) is 103 cm³/mol. The van der Waals surface area contributed by atoms with Gasteiger partial charge in [-0.05, 0) is 31.0 Å². The SMILES string of the molecule is Cc1ccccc1S(=O)(=O)N[C@@H](C)C(=O)N1CCOC(c2ccccc2)C1. The van der Waals surface area contributed by atoms with E-state index in [-0.39, 0.29) is 16.9 Å². The van der Waals surface area contributed by atoms with Crippen molar-refractivity contribution in [3.05, 3.63) is 65.7 Å². The van der Waals surface area contributed by atoms with Crippen LogP contribution in [0.1, 0.15) is 24.2 Å². The summed E-state index contributed by atoms with van der Waals surface area (Å²) < 4.78 is 33.5. The summed E-state index contributed by atoms with van der Waals surface area (Å²) in [5, 5.41) is 0. The summed E-state index contributed by atoms with van der Waals surface area (Å²) in [6.07, 6.45) is -0.205. The number of sulfonamides is 1. The lowest BCUT2D eigenvalue weighted by molar-refractivity contribution is -0.140. The summed E-state index contributed by atoms with van der Waals surface area (Å²) in [7, 11) is -3.77. The number of hydrogen-bond acceptors (Lipinski definition) is 4. The number of ether oxygens (including phenoxy) is 1. The number of hydrogen-bond donors (Lipinski definition) is 1. The molecule has 3 rings (SSSR count). The number of rotatable bonds is 5. The van der Waals surface area contributed by atoms with Gasteiger partial charge in [0, 0.05) is 6.54 Å². The molecule has 0 radical (unpaired) electrons. The van der Waals surface area contributed by atoms with Crippen molar-refractivity contribution in [3.63, 3.8) is 0 Å². The van der Waals surface area contributed by atoms with E-state index in [9.17, 15) is 13.2 Å². The van der Waals surface area contributed by atoms with E-state index in [1.165, 1.54) is 6.07 Å². The zero-order valence-corrected chi connectivity index (χ0v) is 16.3. The van der Waals surface area contributed by atoms with Crippen molar-refractivity contribution < 1.29 is 17.9 Å². The zero-order chi connectivity index (χ0) is 19.4. The van der Waals surface area contributed by atoms with Crippen LogP contribution in [0.2, 0.25) is 0 Å². The normalized spacial score (nSPS) is 18.9. The average Bonchev–Trinajstić information content (AvgIpc) is 2.68. The van der Waals surface area contributed by atoms with Crippen molar-refractivity contribution in [2.45, 2.75) is 30.9 Å². The highest BCUT2D eigenvalue weighted by molar-refractivity contribution is 7.89. The predicted octanol–water partition coefficient (Wildman–Crippen LogP) is 2.26. The fourth-order valence-corrected chi connectivity index (χ4v) is 4.64. The first-order chi connectivity index (χ1) is 12.9. The molecule has 0 aliphatic carbocycles. The molecule has 1 heterocycles. The van der Waals surface area contributed by atoms with Gasteiger partial charge in [-0.25, -0.2) is 8.42 Å². The summed E-state index contributed by atoms with van der Waals surface area (Å²) in [6, 6.07) is 15.6. The van der Waals surface area contributed by atoms with Crippen LogP contribution in [0.15, 0.2) is 59.5 Å². The molecule has 2 aromatic carbocycles. The highest BCUT2D eigenvalue weighted by atomic mass is 32.2. The van der Waals surface area contributed by atoms with Crippen molar-refractivity contribution in [1.82, 2.24) is 9.62 Å². The second kappa shape index (κ2) is 8.21. The molecule has 1 aliphatic rings. The van der Waals surface area contributed by atoms with Crippen molar-refractivity contribution in [3.8, 4) is 0 Å². The molecule has 27 heavy (non-hydrogen) atoms. The van der Waals surface area contributed by atoms with Crippen molar-refractivity contribution in [1.29, 1.82) is 0 Å². The Morgan fingerprint density at radius 2 is 1.81 bits per heavy atom. The van der Waals surface area contributed by atoms with Gasteiger partial charge in [0.25, 0.3) is 0 Å². The molecule has 1 fully saturated rings. The maximum atomic E-state index is 12.8. The Hall–Kier alpha value is -2.22. The maximum absolute atomic E-state index is 12.8. The minimum absolute atomic E-state index is 0.189. The number of aryl methyl sites for hydroxylation is 1. The van der Waals surface area contributed by atoms with Crippen LogP contribution in [0.4, 0.5) is 0 Å². The maximum Gasteiger partial charge on any atom is 0.241 e. The van der Waals surface area contributed by atoms with Crippen LogP contribution in [-0.4, -0.2) is 45.0 Å². The number of nitrogens with one attached hydrogen (secondary N) is 1. The van der Waals surface area contributed by atoms with Gasteiger partial charge in [0.1, 0.15) is 6.10 Å². The smallest absolute Gasteiger partial charge is 0.241 e. The van der Waals surface area contributed by atoms with E-state index < -0.39 is 16.1 Å². The Kier molecular flexibility index (Phi) is 5.94. The molecule has 2 atom stereocenters. The first kappa shape index (κ1) is 19.5. The van der Waals surface area contributed by atoms with E-state index in [2.05, 4.69) is 4.72 Å². The molecule has 0 bridgehead atoms. The quantitative estimate of drug-likeness (QED) is 0.853. The van der Waals surface area contributed by atoms with Gasteiger partial charge in [-0.15, -0.1) is 0 Å². The first-order valence-electron chi connectivity index (χ1n) is 8.92. The van der Waals surface area contributed by atoms with Crippen LogP contribution in [0, 0.1) is 6.92 Å². The van der Waals surface area contributed by atoms with Gasteiger partial charge in [-0.3, -0.25) is 4.79 Å². The van der Waals surface area contributed by atoms with Crippen LogP contribution < -0.4 is 4.72 Å². The number of amides is 1. The van der Waals surface area contributed by atoms with E-state index in [0.29, 0.717) is 25.3 Å². The summed E-state index contributed by atoms with van der Waals surface area (Å²) in [4.78, 5) is 14.7. The Labute approximate surface area is 160 Å². The first-order valence-corrected chi connectivity index (χ1v) is 10.4. The topological polar surface area (TPSA) is 75.7 Å². The molecular weight excluding hydrogens is 364 g/mol. The number of morpholine rings is 1. The molecule has 1 unspecified atom stereocenters. The largest absolute Gasteiger partial charge is 0.370 e. The van der Waals surface area contributed by atoms with Gasteiger partial charge in [0.05, 0.1) is 24.1 Å². The minimum atomic E-state index is -3.77. The molecule has 6 nitrogen and oxygen atoms in total. The zero-order valence-electron chi connectivity index (χ0n) is 15.5. The Morgan fingerprint density at radius 3 is 2.52 bits per heavy atom. The van der Waals surface area contributed by atoms with Crippen molar-refractivity contribution in [2.24, 2.45) is 0 Å². The van der Waals surface area contributed by atoms with E-state index >= 15 is 0 Å². The number of nitrogens with zero attached hydrogens (tertiary/aromatic N) is 1. The summed E-state index contributed by atoms with van der Waals surface area (Å²) in [5.74, 6) is -0.253. The molecule has 0 saturated carbocycles. The highest BCUT2D eigenvalue weighted by Gasteiger charge is 2.30. The van der Waals surface area contributed by atoms with E-state index in [1.807, 2.05) is 30.3 Å². The van der Waals surface area contributed by atoms with Crippen LogP contribution in [-0.2, 0) is 19.6 Å². The van der Waals surface area contributed by atoms with Gasteiger partial charge in [0.15, 0.2) is 0 Å². The number of carbonyl (C=O) groups excluding carboxylic acids is 1. The molecule has 1 aliphatic heterocycles. The monoisotopic (exact) mass is 388 g/mol. The summed E-state index contributed by atoms with van der Waals surface area (Å²) >= 11 is 0. The molecule has 2 aromatic rings. The van der Waals surface area contributed by atoms with Crippen LogP contribution in [0.5, 0.6) is 0 Å². The fourth-order valence-electron chi connectivity index (χ4n) is 3.20. The Balaban J connectivity index is 1.69. The van der Waals surface area contributed by atoms with Crippen molar-refractivity contribution >= 4 is 15.9 Å². The average molecular weight is 388 g/mol. The standard InChI is InChI=1S/C20H24N2O4S/c1-15-8-6-7-11-19(15)27(24,25)21-16(2)20(23)22-12-13-26-18(14-22)17-9-4-3-5-10-17/h3-11,16,18,21H,12-14H2,1-2H3/t16-,18?/m0/s1. The second-order valence-corrected chi connectivity index (χ2v) is 8.35. The Bertz CT molecular complexity index is 899. The van der Waals surface area contributed by atoms with E-state index in [1.54, 1.807) is 36.9 Å². The molecule has 7 heteroatoms. The molecule has 1 amide bonds. The summed E-state index contributed by atoms with van der Waals surface area (Å²) in [6.45, 7) is 4.57. The van der Waals surface area contributed by atoms with Crippen LogP contribution in [0.25, 0.3) is 0 Å². The minimum Gasteiger partial charge on any atom is -0.370 e. The van der Waals surface area contributed by atoms with Gasteiger partial charge in [0.2, 0.25) is 15.9 Å². The molecule has 144 valence electrons. The third kappa shape index (κ3) is 4.55. The highest BCUT2D eigenvalue weighted by Crippen LogP contribution is 2.22. The lowest BCUT2D eigenvalue weighted by Gasteiger charge is -2.34. The Morgan fingerprint density at radius 1 is 1.15 bits per heavy atom. The number of carbonyl (C=O) groups is 1. The molecule has 1 saturated heterocycles. The molecule has 0 aromatic heterocycles. The van der Waals surface area contributed by atoms with Gasteiger partial charge in [-0.1, -0.05) is 48.5 Å². The van der Waals surface area contributed by atoms with Crippen LogP contribution in [0.3, 0.4) is 0 Å². The summed E-state index contributed by atoms with van der Waals surface area (Å²) in [5.41, 5.74) is 1.64. The van der Waals surface area contributed by atoms with Gasteiger partial charge < -0.3 is 9.64 Å². The fraction of sp³-hybridized carbons (Fsp3) is 0.350. The lowest BCUT2D eigenvalue weighted by Crippen LogP contribution is -2.51. The third-order valence-electron chi connectivity index (χ3n) is 4.63. The third-order valence-corrected chi connectivity index (χ3v) is 6.34. The van der Waals surface area contributed by atoms with Crippen LogP contribution >= 0.6 is 0 Å². The molecule has 0 spiro atoms. The van der Waals surface area contributed by atoms with E-state index in [4.69, 9.17) is 4.74 Å². The second-order valence-electron chi connectivity index (χ2n) is 6.66. The molecule has 1 N–H and O–H groups in total. The van der Waals surface area contributed by atoms with Gasteiger partial charge >= 0.3 is 0 Å². The van der Waals surface area contributed by atoms with E-state index in [0.717, 1.165) is 5.56 Å². The lowest BCUT2D eigenvalue weighted by atomic mass is 10.1. The number of benzene rings is 2. The molecular formula is C20H24N2O4S. The van der Waals surface area contributed by atoms with Gasteiger partial charge in [-0.2, -0.15) is 4.72 Å². The van der Waals surface area contributed by atoms with Crippen molar-refractivity contribution in [2.75, 3.05) is 19.7 Å².